The molecule has 6 rings (SSSR count). The maximum atomic E-state index is 14.2. The number of fused-ring (bicyclic) bond motifs is 4. The van der Waals surface area contributed by atoms with Crippen molar-refractivity contribution in [3.8, 4) is 0 Å². The molecule has 2 aliphatic rings. The van der Waals surface area contributed by atoms with E-state index in [1.54, 1.807) is 17.0 Å². The number of hydrogen-bond donors (Lipinski definition) is 4. The SMILES string of the molecule is CC(C)c1ccc([C@@H]2c3[nH]c4ccccc4c3C[C@H]3C(=O)N(c4ccccc4C(=O)N[C@@H](CO)C(=O)O)C(=O)N23)cc1. The number of carbonyl (C=O) groups is 4. The van der Waals surface area contributed by atoms with E-state index in [4.69, 9.17) is 0 Å². The molecule has 0 radical (unpaired) electrons. The molecule has 0 bridgehead atoms. The second-order valence-corrected chi connectivity index (χ2v) is 10.9. The lowest BCUT2D eigenvalue weighted by Crippen LogP contribution is -2.44. The van der Waals surface area contributed by atoms with Crippen molar-refractivity contribution in [1.82, 2.24) is 15.2 Å². The lowest BCUT2D eigenvalue weighted by Gasteiger charge is -2.36. The topological polar surface area (TPSA) is 143 Å². The zero-order valence-electron chi connectivity index (χ0n) is 23.1. The first kappa shape index (κ1) is 27.2. The summed E-state index contributed by atoms with van der Waals surface area (Å²) in [7, 11) is 0. The molecule has 0 saturated carbocycles. The summed E-state index contributed by atoms with van der Waals surface area (Å²) in [6, 6.07) is 18.4. The Balaban J connectivity index is 1.45. The third-order valence-corrected chi connectivity index (χ3v) is 8.14. The van der Waals surface area contributed by atoms with Gasteiger partial charge < -0.3 is 20.5 Å². The van der Waals surface area contributed by atoms with Crippen LogP contribution in [0, 0.1) is 0 Å². The molecule has 3 atom stereocenters. The van der Waals surface area contributed by atoms with Crippen LogP contribution in [0.3, 0.4) is 0 Å². The van der Waals surface area contributed by atoms with Crippen LogP contribution in [0.1, 0.15) is 58.5 Å². The third-order valence-electron chi connectivity index (χ3n) is 8.14. The van der Waals surface area contributed by atoms with Gasteiger partial charge in [-0.15, -0.1) is 0 Å². The number of para-hydroxylation sites is 2. The van der Waals surface area contributed by atoms with Crippen molar-refractivity contribution < 1.29 is 29.4 Å². The van der Waals surface area contributed by atoms with Crippen molar-refractivity contribution in [3.05, 3.63) is 101 Å². The summed E-state index contributed by atoms with van der Waals surface area (Å²) in [5.41, 5.74) is 4.71. The quantitative estimate of drug-likeness (QED) is 0.250. The number of nitrogens with zero attached hydrogens (tertiary/aromatic N) is 2. The van der Waals surface area contributed by atoms with Gasteiger partial charge in [-0.3, -0.25) is 14.5 Å². The molecule has 1 fully saturated rings. The van der Waals surface area contributed by atoms with Gasteiger partial charge in [-0.05, 0) is 40.8 Å². The van der Waals surface area contributed by atoms with Crippen LogP contribution >= 0.6 is 0 Å². The van der Waals surface area contributed by atoms with Gasteiger partial charge in [-0.2, -0.15) is 0 Å². The van der Waals surface area contributed by atoms with Crippen molar-refractivity contribution in [2.75, 3.05) is 11.5 Å². The molecule has 2 aliphatic heterocycles. The third kappa shape index (κ3) is 4.31. The van der Waals surface area contributed by atoms with Crippen LogP contribution in [0.5, 0.6) is 0 Å². The smallest absolute Gasteiger partial charge is 0.332 e. The fourth-order valence-electron chi connectivity index (χ4n) is 5.99. The normalized spacial score (nSPS) is 18.8. The first-order valence-electron chi connectivity index (χ1n) is 13.8. The first-order valence-corrected chi connectivity index (χ1v) is 13.8. The second kappa shape index (κ2) is 10.5. The van der Waals surface area contributed by atoms with Gasteiger partial charge >= 0.3 is 12.0 Å². The van der Waals surface area contributed by atoms with Crippen LogP contribution in [0.15, 0.2) is 72.8 Å². The molecule has 4 N–H and O–H groups in total. The summed E-state index contributed by atoms with van der Waals surface area (Å²) >= 11 is 0. The number of imide groups is 1. The molecule has 214 valence electrons. The number of carboxylic acid groups (broad SMARTS) is 1. The molecule has 42 heavy (non-hydrogen) atoms. The minimum atomic E-state index is -1.54. The van der Waals surface area contributed by atoms with Gasteiger partial charge in [0.15, 0.2) is 6.04 Å². The Labute approximate surface area is 241 Å². The van der Waals surface area contributed by atoms with Crippen LogP contribution in [0.2, 0.25) is 0 Å². The predicted molar refractivity (Wildman–Crippen MR) is 155 cm³/mol. The lowest BCUT2D eigenvalue weighted by atomic mass is 9.88. The standard InChI is InChI=1S/C32H30N4O6/c1-17(2)18-11-13-19(14-12-18)28-27-22(20-7-3-5-9-23(20)33-27)15-26-30(39)36(32(42)35(26)28)25-10-6-4-8-21(25)29(38)34-24(16-37)31(40)41/h3-14,17,24,26,28,33,37H,15-16H2,1-2H3,(H,34,38)(H,40,41)/t24-,26-,28+/m0/s1. The summed E-state index contributed by atoms with van der Waals surface area (Å²) in [5, 5.41) is 21.9. The molecular weight excluding hydrogens is 536 g/mol. The van der Waals surface area contributed by atoms with E-state index >= 15 is 0 Å². The molecule has 4 aromatic rings. The number of H-pyrrole nitrogens is 1. The van der Waals surface area contributed by atoms with Crippen molar-refractivity contribution in [2.45, 2.75) is 44.3 Å². The summed E-state index contributed by atoms with van der Waals surface area (Å²) in [4.78, 5) is 59.0. The Hall–Kier alpha value is -4.96. The zero-order chi connectivity index (χ0) is 29.7. The molecule has 3 heterocycles. The molecule has 1 aromatic heterocycles. The average molecular weight is 567 g/mol. The van der Waals surface area contributed by atoms with E-state index in [2.05, 4.69) is 24.1 Å². The van der Waals surface area contributed by atoms with Gasteiger partial charge in [0, 0.05) is 23.0 Å². The predicted octanol–water partition coefficient (Wildman–Crippen LogP) is 3.95. The van der Waals surface area contributed by atoms with Gasteiger partial charge in [0.1, 0.15) is 12.1 Å². The number of hydrogen-bond acceptors (Lipinski definition) is 5. The Kier molecular flexibility index (Phi) is 6.78. The van der Waals surface area contributed by atoms with Gasteiger partial charge in [-0.25, -0.2) is 14.5 Å². The lowest BCUT2D eigenvalue weighted by molar-refractivity contribution is -0.140. The van der Waals surface area contributed by atoms with E-state index in [1.165, 1.54) is 12.1 Å². The molecule has 0 aliphatic carbocycles. The number of aliphatic carboxylic acids is 1. The van der Waals surface area contributed by atoms with E-state index in [1.807, 2.05) is 48.5 Å². The molecule has 4 amide bonds. The number of aromatic amines is 1. The van der Waals surface area contributed by atoms with Crippen molar-refractivity contribution in [3.63, 3.8) is 0 Å². The number of aromatic nitrogens is 1. The molecule has 10 nitrogen and oxygen atoms in total. The van der Waals surface area contributed by atoms with Crippen molar-refractivity contribution in [2.24, 2.45) is 0 Å². The molecular formula is C32H30N4O6. The fraction of sp³-hybridized carbons (Fsp3) is 0.250. The number of urea groups is 1. The van der Waals surface area contributed by atoms with E-state index in [0.717, 1.165) is 38.2 Å². The van der Waals surface area contributed by atoms with Crippen LogP contribution in [0.4, 0.5) is 10.5 Å². The van der Waals surface area contributed by atoms with Crippen molar-refractivity contribution in [1.29, 1.82) is 0 Å². The summed E-state index contributed by atoms with van der Waals surface area (Å²) in [5.74, 6) is -2.39. The van der Waals surface area contributed by atoms with Crippen LogP contribution < -0.4 is 10.2 Å². The number of amides is 4. The van der Waals surface area contributed by atoms with E-state index in [-0.39, 0.29) is 11.3 Å². The molecule has 0 unspecified atom stereocenters. The highest BCUT2D eigenvalue weighted by Crippen LogP contribution is 2.45. The van der Waals surface area contributed by atoms with Crippen LogP contribution in [-0.4, -0.2) is 62.6 Å². The summed E-state index contributed by atoms with van der Waals surface area (Å²) in [6.07, 6.45) is 0.293. The van der Waals surface area contributed by atoms with Gasteiger partial charge in [0.25, 0.3) is 11.8 Å². The fourth-order valence-corrected chi connectivity index (χ4v) is 5.99. The maximum Gasteiger partial charge on any atom is 0.332 e. The van der Waals surface area contributed by atoms with Crippen molar-refractivity contribution >= 4 is 40.4 Å². The maximum absolute atomic E-state index is 14.2. The van der Waals surface area contributed by atoms with Gasteiger partial charge in [0.2, 0.25) is 0 Å². The first-order chi connectivity index (χ1) is 20.2. The van der Waals surface area contributed by atoms with Crippen LogP contribution in [-0.2, 0) is 16.0 Å². The monoisotopic (exact) mass is 566 g/mol. The Morgan fingerprint density at radius 2 is 1.69 bits per heavy atom. The number of rotatable bonds is 7. The van der Waals surface area contributed by atoms with E-state index < -0.39 is 48.5 Å². The Morgan fingerprint density at radius 1 is 1.00 bits per heavy atom. The minimum Gasteiger partial charge on any atom is -0.480 e. The highest BCUT2D eigenvalue weighted by Gasteiger charge is 2.53. The number of carbonyl (C=O) groups excluding carboxylic acids is 3. The molecule has 1 saturated heterocycles. The molecule has 10 heteroatoms. The largest absolute Gasteiger partial charge is 0.480 e. The number of anilines is 1. The molecule has 3 aromatic carbocycles. The number of benzene rings is 3. The van der Waals surface area contributed by atoms with E-state index in [0.29, 0.717) is 12.3 Å². The number of aliphatic hydroxyl groups excluding tert-OH is 1. The highest BCUT2D eigenvalue weighted by molar-refractivity contribution is 6.24. The Morgan fingerprint density at radius 3 is 2.38 bits per heavy atom. The molecule has 0 spiro atoms. The zero-order valence-corrected chi connectivity index (χ0v) is 23.1. The number of carboxylic acids is 1. The highest BCUT2D eigenvalue weighted by atomic mass is 16.4. The summed E-state index contributed by atoms with van der Waals surface area (Å²) in [6.45, 7) is 3.40. The van der Waals surface area contributed by atoms with Gasteiger partial charge in [0.05, 0.1) is 17.9 Å². The number of aliphatic hydroxyl groups is 1. The minimum absolute atomic E-state index is 0.0453. The number of nitrogens with one attached hydrogen (secondary N) is 2. The summed E-state index contributed by atoms with van der Waals surface area (Å²) < 4.78 is 0. The van der Waals surface area contributed by atoms with Gasteiger partial charge in [-0.1, -0.05) is 68.4 Å². The van der Waals surface area contributed by atoms with E-state index in [9.17, 15) is 29.4 Å². The second-order valence-electron chi connectivity index (χ2n) is 10.9. The van der Waals surface area contributed by atoms with Crippen LogP contribution in [0.25, 0.3) is 10.9 Å². The average Bonchev–Trinajstić information content (AvgIpc) is 3.48. The Bertz CT molecular complexity index is 1730.